The SMILES string of the molecule is CC(Nc1ccc(NC(=O)Cc2c[nH]c3ccccc23)nn1)c1ccccc1. The van der Waals surface area contributed by atoms with Crippen molar-refractivity contribution in [2.75, 3.05) is 10.6 Å². The molecule has 0 radical (unpaired) electrons. The van der Waals surface area contributed by atoms with Gasteiger partial charge >= 0.3 is 0 Å². The molecule has 0 bridgehead atoms. The summed E-state index contributed by atoms with van der Waals surface area (Å²) >= 11 is 0. The predicted molar refractivity (Wildman–Crippen MR) is 111 cm³/mol. The lowest BCUT2D eigenvalue weighted by atomic mass is 10.1. The van der Waals surface area contributed by atoms with Crippen molar-refractivity contribution in [2.45, 2.75) is 19.4 Å². The van der Waals surface area contributed by atoms with E-state index < -0.39 is 0 Å². The lowest BCUT2D eigenvalue weighted by Gasteiger charge is -2.14. The number of nitrogens with zero attached hydrogens (tertiary/aromatic N) is 2. The van der Waals surface area contributed by atoms with Crippen LogP contribution in [0.3, 0.4) is 0 Å². The molecule has 0 saturated heterocycles. The van der Waals surface area contributed by atoms with Crippen molar-refractivity contribution in [1.82, 2.24) is 15.2 Å². The first-order valence-corrected chi connectivity index (χ1v) is 9.19. The highest BCUT2D eigenvalue weighted by Crippen LogP contribution is 2.19. The third-order valence-electron chi connectivity index (χ3n) is 4.62. The lowest BCUT2D eigenvalue weighted by molar-refractivity contribution is -0.115. The van der Waals surface area contributed by atoms with Crippen LogP contribution in [0.1, 0.15) is 24.1 Å². The van der Waals surface area contributed by atoms with Gasteiger partial charge in [0.15, 0.2) is 5.82 Å². The second kappa shape index (κ2) is 7.92. The van der Waals surface area contributed by atoms with E-state index in [1.807, 2.05) is 54.7 Å². The topological polar surface area (TPSA) is 82.7 Å². The maximum Gasteiger partial charge on any atom is 0.230 e. The maximum atomic E-state index is 12.4. The summed E-state index contributed by atoms with van der Waals surface area (Å²) in [7, 11) is 0. The molecule has 1 amide bonds. The average molecular weight is 371 g/mol. The molecule has 0 spiro atoms. The minimum Gasteiger partial charge on any atom is -0.362 e. The zero-order valence-corrected chi connectivity index (χ0v) is 15.5. The van der Waals surface area contributed by atoms with E-state index in [1.165, 1.54) is 5.56 Å². The lowest BCUT2D eigenvalue weighted by Crippen LogP contribution is -2.16. The summed E-state index contributed by atoms with van der Waals surface area (Å²) in [6.07, 6.45) is 2.14. The number of benzene rings is 2. The molecule has 1 unspecified atom stereocenters. The molecule has 0 aliphatic heterocycles. The standard InChI is InChI=1S/C22H21N5O/c1-15(16-7-3-2-4-8-16)24-20-11-12-21(27-26-20)25-22(28)13-17-14-23-19-10-6-5-9-18(17)19/h2-12,14-15,23H,13H2,1H3,(H,24,26)(H,25,27,28). The van der Waals surface area contributed by atoms with Crippen LogP contribution in [0.15, 0.2) is 72.9 Å². The second-order valence-corrected chi connectivity index (χ2v) is 6.66. The number of carbonyl (C=O) groups is 1. The van der Waals surface area contributed by atoms with Gasteiger partial charge in [0.25, 0.3) is 0 Å². The molecule has 6 nitrogen and oxygen atoms in total. The summed E-state index contributed by atoms with van der Waals surface area (Å²) in [5, 5.41) is 15.4. The Morgan fingerprint density at radius 1 is 0.964 bits per heavy atom. The highest BCUT2D eigenvalue weighted by Gasteiger charge is 2.10. The van der Waals surface area contributed by atoms with E-state index in [2.05, 4.69) is 44.9 Å². The fourth-order valence-electron chi connectivity index (χ4n) is 3.16. The molecule has 140 valence electrons. The summed E-state index contributed by atoms with van der Waals surface area (Å²) in [4.78, 5) is 15.5. The highest BCUT2D eigenvalue weighted by molar-refractivity contribution is 5.95. The van der Waals surface area contributed by atoms with Crippen LogP contribution in [0.25, 0.3) is 10.9 Å². The third-order valence-corrected chi connectivity index (χ3v) is 4.62. The van der Waals surface area contributed by atoms with E-state index in [1.54, 1.807) is 6.07 Å². The van der Waals surface area contributed by atoms with E-state index >= 15 is 0 Å². The second-order valence-electron chi connectivity index (χ2n) is 6.66. The summed E-state index contributed by atoms with van der Waals surface area (Å²) in [6.45, 7) is 2.06. The molecule has 0 aliphatic rings. The zero-order valence-electron chi connectivity index (χ0n) is 15.5. The first kappa shape index (κ1) is 17.7. The van der Waals surface area contributed by atoms with Gasteiger partial charge < -0.3 is 15.6 Å². The predicted octanol–water partition coefficient (Wildman–Crippen LogP) is 4.31. The smallest absolute Gasteiger partial charge is 0.230 e. The number of nitrogens with one attached hydrogen (secondary N) is 3. The molecule has 2 heterocycles. The molecule has 0 fully saturated rings. The average Bonchev–Trinajstić information content (AvgIpc) is 3.13. The highest BCUT2D eigenvalue weighted by atomic mass is 16.1. The van der Waals surface area contributed by atoms with Crippen LogP contribution in [0.2, 0.25) is 0 Å². The molecule has 2 aromatic heterocycles. The van der Waals surface area contributed by atoms with E-state index in [9.17, 15) is 4.79 Å². The van der Waals surface area contributed by atoms with Crippen molar-refractivity contribution in [3.8, 4) is 0 Å². The largest absolute Gasteiger partial charge is 0.362 e. The number of hydrogen-bond acceptors (Lipinski definition) is 4. The maximum absolute atomic E-state index is 12.4. The molecule has 0 saturated carbocycles. The van der Waals surface area contributed by atoms with Gasteiger partial charge in [0, 0.05) is 23.1 Å². The number of fused-ring (bicyclic) bond motifs is 1. The minimum absolute atomic E-state index is 0.109. The van der Waals surface area contributed by atoms with Gasteiger partial charge in [-0.3, -0.25) is 4.79 Å². The summed E-state index contributed by atoms with van der Waals surface area (Å²) in [5.41, 5.74) is 3.14. The van der Waals surface area contributed by atoms with Gasteiger partial charge in [-0.2, -0.15) is 0 Å². The number of H-pyrrole nitrogens is 1. The van der Waals surface area contributed by atoms with Crippen LogP contribution in [0.4, 0.5) is 11.6 Å². The Morgan fingerprint density at radius 3 is 2.46 bits per heavy atom. The van der Waals surface area contributed by atoms with Crippen molar-refractivity contribution >= 4 is 28.4 Å². The van der Waals surface area contributed by atoms with E-state index in [4.69, 9.17) is 0 Å². The van der Waals surface area contributed by atoms with Crippen LogP contribution in [0, 0.1) is 0 Å². The fourth-order valence-corrected chi connectivity index (χ4v) is 3.16. The molecule has 0 aliphatic carbocycles. The Bertz CT molecular complexity index is 1070. The quantitative estimate of drug-likeness (QED) is 0.472. The Balaban J connectivity index is 1.37. The Kier molecular flexibility index (Phi) is 5.01. The number of aromatic nitrogens is 3. The van der Waals surface area contributed by atoms with Gasteiger partial charge in [-0.1, -0.05) is 48.5 Å². The van der Waals surface area contributed by atoms with Crippen LogP contribution in [-0.4, -0.2) is 21.1 Å². The van der Waals surface area contributed by atoms with Gasteiger partial charge in [0.05, 0.1) is 6.42 Å². The van der Waals surface area contributed by atoms with Crippen molar-refractivity contribution in [3.05, 3.63) is 84.1 Å². The molecule has 4 aromatic rings. The van der Waals surface area contributed by atoms with Crippen LogP contribution in [-0.2, 0) is 11.2 Å². The number of amides is 1. The molecule has 4 rings (SSSR count). The van der Waals surface area contributed by atoms with Gasteiger partial charge in [-0.15, -0.1) is 10.2 Å². The number of aromatic amines is 1. The van der Waals surface area contributed by atoms with Crippen molar-refractivity contribution in [3.63, 3.8) is 0 Å². The molecule has 2 aromatic carbocycles. The van der Waals surface area contributed by atoms with Gasteiger partial charge in [-0.05, 0) is 36.2 Å². The number of hydrogen-bond donors (Lipinski definition) is 3. The first-order chi connectivity index (χ1) is 13.7. The van der Waals surface area contributed by atoms with E-state index in [0.29, 0.717) is 11.6 Å². The van der Waals surface area contributed by atoms with Gasteiger partial charge in [-0.25, -0.2) is 0 Å². The number of para-hydroxylation sites is 1. The molecular weight excluding hydrogens is 350 g/mol. The van der Waals surface area contributed by atoms with Crippen molar-refractivity contribution in [2.24, 2.45) is 0 Å². The molecular formula is C22H21N5O. The number of anilines is 2. The van der Waals surface area contributed by atoms with Gasteiger partial charge in [0.1, 0.15) is 5.82 Å². The summed E-state index contributed by atoms with van der Waals surface area (Å²) in [5.74, 6) is 0.964. The number of rotatable bonds is 6. The molecule has 1 atom stereocenters. The Labute approximate surface area is 163 Å². The first-order valence-electron chi connectivity index (χ1n) is 9.19. The number of carbonyl (C=O) groups excluding carboxylic acids is 1. The van der Waals surface area contributed by atoms with E-state index in [0.717, 1.165) is 16.5 Å². The van der Waals surface area contributed by atoms with Crippen LogP contribution in [0.5, 0.6) is 0 Å². The Morgan fingerprint density at radius 2 is 1.68 bits per heavy atom. The minimum atomic E-state index is -0.127. The van der Waals surface area contributed by atoms with Crippen molar-refractivity contribution < 1.29 is 4.79 Å². The summed E-state index contributed by atoms with van der Waals surface area (Å²) < 4.78 is 0. The summed E-state index contributed by atoms with van der Waals surface area (Å²) in [6, 6.07) is 21.7. The zero-order chi connectivity index (χ0) is 19.3. The molecule has 28 heavy (non-hydrogen) atoms. The van der Waals surface area contributed by atoms with Gasteiger partial charge in [0.2, 0.25) is 5.91 Å². The molecule has 3 N–H and O–H groups in total. The molecule has 6 heteroatoms. The van der Waals surface area contributed by atoms with Crippen LogP contribution >= 0.6 is 0 Å². The van der Waals surface area contributed by atoms with E-state index in [-0.39, 0.29) is 18.4 Å². The monoisotopic (exact) mass is 371 g/mol. The van der Waals surface area contributed by atoms with Crippen molar-refractivity contribution in [1.29, 1.82) is 0 Å². The third kappa shape index (κ3) is 4.01. The normalized spacial score (nSPS) is 11.9. The fraction of sp³-hybridized carbons (Fsp3) is 0.136. The van der Waals surface area contributed by atoms with Crippen LogP contribution < -0.4 is 10.6 Å². The Hall–Kier alpha value is -3.67.